The van der Waals surface area contributed by atoms with E-state index in [-0.39, 0.29) is 41.8 Å². The van der Waals surface area contributed by atoms with Crippen molar-refractivity contribution in [1.82, 2.24) is 10.2 Å². The third-order valence-corrected chi connectivity index (χ3v) is 7.02. The number of hydrogen-bond donors (Lipinski definition) is 1. The average Bonchev–Trinajstić information content (AvgIpc) is 3.11. The van der Waals surface area contributed by atoms with Gasteiger partial charge >= 0.3 is 5.97 Å². The molecule has 1 heterocycles. The molecular weight excluding hydrogens is 442 g/mol. The van der Waals surface area contributed by atoms with E-state index in [1.165, 1.54) is 29.2 Å². The molecule has 1 aliphatic rings. The molecule has 0 bridgehead atoms. The summed E-state index contributed by atoms with van der Waals surface area (Å²) in [6.07, 6.45) is 0.819. The first kappa shape index (κ1) is 25.2. The van der Waals surface area contributed by atoms with Gasteiger partial charge in [-0.05, 0) is 31.9 Å². The molecule has 0 saturated carbocycles. The summed E-state index contributed by atoms with van der Waals surface area (Å²) in [7, 11) is -3.17. The summed E-state index contributed by atoms with van der Waals surface area (Å²) in [4.78, 5) is 48.2. The highest BCUT2D eigenvalue weighted by Crippen LogP contribution is 2.21. The van der Waals surface area contributed by atoms with Gasteiger partial charge in [0, 0.05) is 36.3 Å². The van der Waals surface area contributed by atoms with Gasteiger partial charge in [-0.1, -0.05) is 6.92 Å². The molecule has 2 amide bonds. The minimum Gasteiger partial charge on any atom is -0.456 e. The number of non-ortho nitro benzene ring substituents is 1. The van der Waals surface area contributed by atoms with E-state index < -0.39 is 45.2 Å². The number of carbonyl (C=O) groups is 3. The normalized spacial score (nSPS) is 17.9. The number of ether oxygens (including phenoxy) is 1. The number of esters is 1. The highest BCUT2D eigenvalue weighted by atomic mass is 32.2. The Morgan fingerprint density at radius 1 is 1.28 bits per heavy atom. The quantitative estimate of drug-likeness (QED) is 0.303. The van der Waals surface area contributed by atoms with Crippen molar-refractivity contribution in [3.05, 3.63) is 39.9 Å². The molecule has 11 nitrogen and oxygen atoms in total. The van der Waals surface area contributed by atoms with Crippen LogP contribution in [0, 0.1) is 10.1 Å². The molecule has 2 unspecified atom stereocenters. The van der Waals surface area contributed by atoms with Crippen molar-refractivity contribution in [1.29, 1.82) is 0 Å². The summed E-state index contributed by atoms with van der Waals surface area (Å²) in [6, 6.07) is 4.39. The van der Waals surface area contributed by atoms with Gasteiger partial charge < -0.3 is 15.0 Å². The van der Waals surface area contributed by atoms with Crippen LogP contribution in [0.3, 0.4) is 0 Å². The summed E-state index contributed by atoms with van der Waals surface area (Å²) in [5.74, 6) is -1.71. The monoisotopic (exact) mass is 469 g/mol. The number of hydrogen-bond acceptors (Lipinski definition) is 8. The lowest BCUT2D eigenvalue weighted by Gasteiger charge is -2.33. The highest BCUT2D eigenvalue weighted by Gasteiger charge is 2.36. The number of sulfone groups is 1. The maximum absolute atomic E-state index is 12.6. The van der Waals surface area contributed by atoms with Gasteiger partial charge in [0.15, 0.2) is 16.4 Å². The third kappa shape index (κ3) is 7.01. The van der Waals surface area contributed by atoms with Gasteiger partial charge in [-0.25, -0.2) is 8.42 Å². The summed E-state index contributed by atoms with van der Waals surface area (Å²) < 4.78 is 28.6. The Kier molecular flexibility index (Phi) is 8.70. The van der Waals surface area contributed by atoms with Crippen molar-refractivity contribution < 1.29 is 32.5 Å². The van der Waals surface area contributed by atoms with Crippen molar-refractivity contribution in [2.45, 2.75) is 45.2 Å². The Labute approximate surface area is 186 Å². The number of carbonyl (C=O) groups excluding carboxylic acids is 3. The van der Waals surface area contributed by atoms with E-state index >= 15 is 0 Å². The number of nitro groups is 1. The molecule has 0 radical (unpaired) electrons. The van der Waals surface area contributed by atoms with Crippen LogP contribution >= 0.6 is 0 Å². The molecule has 0 aliphatic carbocycles. The summed E-state index contributed by atoms with van der Waals surface area (Å²) in [6.45, 7) is 3.15. The average molecular weight is 470 g/mol. The van der Waals surface area contributed by atoms with Gasteiger partial charge in [-0.2, -0.15) is 0 Å². The van der Waals surface area contributed by atoms with E-state index in [0.29, 0.717) is 12.8 Å². The molecule has 176 valence electrons. The Hall–Kier alpha value is -3.02. The van der Waals surface area contributed by atoms with E-state index in [1.54, 1.807) is 0 Å². The number of nitro benzene ring substituents is 1. The van der Waals surface area contributed by atoms with Gasteiger partial charge in [0.2, 0.25) is 0 Å². The zero-order valence-corrected chi connectivity index (χ0v) is 18.8. The lowest BCUT2D eigenvalue weighted by atomic mass is 10.1. The molecule has 1 fully saturated rings. The first-order valence-electron chi connectivity index (χ1n) is 10.2. The second kappa shape index (κ2) is 11.0. The number of benzene rings is 1. The van der Waals surface area contributed by atoms with E-state index in [0.717, 1.165) is 0 Å². The third-order valence-electron chi connectivity index (χ3n) is 5.27. The van der Waals surface area contributed by atoms with Crippen LogP contribution in [-0.4, -0.2) is 72.8 Å². The number of rotatable bonds is 10. The largest absolute Gasteiger partial charge is 0.456 e. The van der Waals surface area contributed by atoms with Crippen molar-refractivity contribution in [2.75, 3.05) is 24.7 Å². The Bertz CT molecular complexity index is 962. The van der Waals surface area contributed by atoms with Gasteiger partial charge in [0.25, 0.3) is 17.5 Å². The molecule has 12 heteroatoms. The lowest BCUT2D eigenvalue weighted by Crippen LogP contribution is -2.48. The molecule has 2 rings (SSSR count). The SMILES string of the molecule is CCC(C)N(C(=O)COC(=O)CCNC(=O)c1ccc([N+](=O)[O-])cc1)C1CCS(=O)(=O)C1. The van der Waals surface area contributed by atoms with Crippen LogP contribution in [0.25, 0.3) is 0 Å². The molecule has 1 aromatic rings. The fourth-order valence-electron chi connectivity index (χ4n) is 3.40. The summed E-state index contributed by atoms with van der Waals surface area (Å²) in [5, 5.41) is 13.1. The fourth-order valence-corrected chi connectivity index (χ4v) is 5.12. The Morgan fingerprint density at radius 3 is 2.47 bits per heavy atom. The van der Waals surface area contributed by atoms with Crippen molar-refractivity contribution in [3.8, 4) is 0 Å². The van der Waals surface area contributed by atoms with Crippen LogP contribution in [0.4, 0.5) is 5.69 Å². The Balaban J connectivity index is 1.80. The van der Waals surface area contributed by atoms with Gasteiger partial charge in [0.1, 0.15) is 0 Å². The smallest absolute Gasteiger partial charge is 0.308 e. The van der Waals surface area contributed by atoms with Crippen LogP contribution in [-0.2, 0) is 24.2 Å². The number of amides is 2. The molecule has 1 saturated heterocycles. The topological polar surface area (TPSA) is 153 Å². The van der Waals surface area contributed by atoms with Gasteiger partial charge in [0.05, 0.1) is 22.8 Å². The minimum absolute atomic E-state index is 0.0339. The first-order valence-corrected chi connectivity index (χ1v) is 12.1. The molecule has 2 atom stereocenters. The summed E-state index contributed by atoms with van der Waals surface area (Å²) >= 11 is 0. The highest BCUT2D eigenvalue weighted by molar-refractivity contribution is 7.91. The molecular formula is C20H27N3O8S. The van der Waals surface area contributed by atoms with Crippen molar-refractivity contribution >= 4 is 33.3 Å². The van der Waals surface area contributed by atoms with E-state index in [4.69, 9.17) is 4.74 Å². The van der Waals surface area contributed by atoms with E-state index in [9.17, 15) is 32.9 Å². The maximum atomic E-state index is 12.6. The first-order chi connectivity index (χ1) is 15.0. The standard InChI is InChI=1S/C20H27N3O8S/c1-3-14(2)22(17-9-11-32(29,30)13-17)18(24)12-31-19(25)8-10-21-20(26)15-4-6-16(7-5-15)23(27)28/h4-7,14,17H,3,8-13H2,1-2H3,(H,21,26). The number of nitrogens with one attached hydrogen (secondary N) is 1. The minimum atomic E-state index is -3.17. The fraction of sp³-hybridized carbons (Fsp3) is 0.550. The lowest BCUT2D eigenvalue weighted by molar-refractivity contribution is -0.384. The zero-order valence-electron chi connectivity index (χ0n) is 18.0. The van der Waals surface area contributed by atoms with Gasteiger partial charge in [-0.3, -0.25) is 24.5 Å². The van der Waals surface area contributed by atoms with Crippen LogP contribution in [0.2, 0.25) is 0 Å². The maximum Gasteiger partial charge on any atom is 0.308 e. The number of nitrogens with zero attached hydrogens (tertiary/aromatic N) is 2. The van der Waals surface area contributed by atoms with Crippen molar-refractivity contribution in [2.24, 2.45) is 0 Å². The predicted molar refractivity (Wildman–Crippen MR) is 115 cm³/mol. The molecule has 1 aliphatic heterocycles. The predicted octanol–water partition coefficient (Wildman–Crippen LogP) is 1.07. The second-order valence-electron chi connectivity index (χ2n) is 7.59. The van der Waals surface area contributed by atoms with E-state index in [2.05, 4.69) is 5.32 Å². The molecule has 1 N–H and O–H groups in total. The van der Waals surface area contributed by atoms with Crippen LogP contribution in [0.15, 0.2) is 24.3 Å². The van der Waals surface area contributed by atoms with Crippen LogP contribution in [0.1, 0.15) is 43.5 Å². The zero-order chi connectivity index (χ0) is 23.9. The molecule has 0 spiro atoms. The van der Waals surface area contributed by atoms with Crippen LogP contribution in [0.5, 0.6) is 0 Å². The van der Waals surface area contributed by atoms with Crippen molar-refractivity contribution in [3.63, 3.8) is 0 Å². The molecule has 32 heavy (non-hydrogen) atoms. The van der Waals surface area contributed by atoms with Crippen LogP contribution < -0.4 is 5.32 Å². The van der Waals surface area contributed by atoms with Gasteiger partial charge in [-0.15, -0.1) is 0 Å². The second-order valence-corrected chi connectivity index (χ2v) is 9.81. The summed E-state index contributed by atoms with van der Waals surface area (Å²) in [5.41, 5.74) is 0.0614. The van der Waals surface area contributed by atoms with E-state index in [1.807, 2.05) is 13.8 Å². The molecule has 1 aromatic carbocycles. The molecule has 0 aromatic heterocycles. The Morgan fingerprint density at radius 2 is 1.94 bits per heavy atom.